The number of fused-ring (bicyclic) bond motifs is 1. The number of amides is 1. The molecule has 2 N–H and O–H groups in total. The molecule has 0 saturated carbocycles. The first-order valence-electron chi connectivity index (χ1n) is 7.71. The maximum Gasteiger partial charge on any atom is 0.349 e. The number of hydrogen-bond donors (Lipinski definition) is 1. The number of carbonyl (C=O) groups excluding carboxylic acids is 1. The van der Waals surface area contributed by atoms with Gasteiger partial charge in [-0.1, -0.05) is 18.2 Å². The van der Waals surface area contributed by atoms with Crippen molar-refractivity contribution in [2.24, 2.45) is 11.7 Å². The molecule has 1 atom stereocenters. The summed E-state index contributed by atoms with van der Waals surface area (Å²) < 4.78 is 5.26. The molecule has 0 bridgehead atoms. The smallest absolute Gasteiger partial charge is 0.349 e. The summed E-state index contributed by atoms with van der Waals surface area (Å²) in [6, 6.07) is 8.85. The van der Waals surface area contributed by atoms with Gasteiger partial charge in [-0.25, -0.2) is 4.79 Å². The lowest BCUT2D eigenvalue weighted by atomic mass is 9.94. The van der Waals surface area contributed by atoms with Gasteiger partial charge >= 0.3 is 5.63 Å². The van der Waals surface area contributed by atoms with Crippen LogP contribution in [0.15, 0.2) is 39.5 Å². The zero-order chi connectivity index (χ0) is 15.5. The monoisotopic (exact) mass is 336 g/mol. The van der Waals surface area contributed by atoms with Crippen LogP contribution in [0.1, 0.15) is 29.6 Å². The highest BCUT2D eigenvalue weighted by Crippen LogP contribution is 2.21. The third-order valence-electron chi connectivity index (χ3n) is 4.25. The van der Waals surface area contributed by atoms with Crippen LogP contribution in [0.5, 0.6) is 0 Å². The van der Waals surface area contributed by atoms with Crippen molar-refractivity contribution in [3.63, 3.8) is 0 Å². The number of piperidine rings is 1. The average molecular weight is 337 g/mol. The molecule has 2 aromatic rings. The predicted octanol–water partition coefficient (Wildman–Crippen LogP) is 2.42. The van der Waals surface area contributed by atoms with Gasteiger partial charge in [-0.05, 0) is 43.9 Å². The van der Waals surface area contributed by atoms with Gasteiger partial charge in [-0.3, -0.25) is 4.79 Å². The minimum absolute atomic E-state index is 0. The molecule has 5 nitrogen and oxygen atoms in total. The maximum atomic E-state index is 12.6. The van der Waals surface area contributed by atoms with Gasteiger partial charge in [0.05, 0.1) is 0 Å². The lowest BCUT2D eigenvalue weighted by Gasteiger charge is -2.32. The minimum Gasteiger partial charge on any atom is -0.422 e. The van der Waals surface area contributed by atoms with Crippen LogP contribution in [0.25, 0.3) is 11.0 Å². The Morgan fingerprint density at radius 2 is 2.13 bits per heavy atom. The van der Waals surface area contributed by atoms with Gasteiger partial charge in [0, 0.05) is 18.5 Å². The number of benzene rings is 1. The van der Waals surface area contributed by atoms with Crippen molar-refractivity contribution in [1.29, 1.82) is 0 Å². The molecule has 1 amide bonds. The molecule has 1 saturated heterocycles. The van der Waals surface area contributed by atoms with Crippen LogP contribution < -0.4 is 11.4 Å². The van der Waals surface area contributed by atoms with Crippen LogP contribution in [0.4, 0.5) is 0 Å². The third-order valence-corrected chi connectivity index (χ3v) is 4.25. The Morgan fingerprint density at radius 3 is 2.91 bits per heavy atom. The highest BCUT2D eigenvalue weighted by atomic mass is 35.5. The molecule has 1 aliphatic rings. The maximum absolute atomic E-state index is 12.6. The van der Waals surface area contributed by atoms with Gasteiger partial charge in [0.1, 0.15) is 11.1 Å². The second-order valence-corrected chi connectivity index (χ2v) is 5.82. The molecule has 0 aliphatic carbocycles. The number of hydrogen-bond acceptors (Lipinski definition) is 4. The zero-order valence-corrected chi connectivity index (χ0v) is 13.7. The fraction of sp³-hybridized carbons (Fsp3) is 0.412. The van der Waals surface area contributed by atoms with Crippen molar-refractivity contribution in [2.75, 3.05) is 19.6 Å². The van der Waals surface area contributed by atoms with Gasteiger partial charge in [0.2, 0.25) is 0 Å². The van der Waals surface area contributed by atoms with Gasteiger partial charge in [-0.15, -0.1) is 12.4 Å². The van der Waals surface area contributed by atoms with E-state index < -0.39 is 5.63 Å². The van der Waals surface area contributed by atoms with Crippen molar-refractivity contribution in [2.45, 2.75) is 19.3 Å². The third kappa shape index (κ3) is 3.74. The molecule has 2 heterocycles. The van der Waals surface area contributed by atoms with E-state index in [0.29, 0.717) is 31.1 Å². The predicted molar refractivity (Wildman–Crippen MR) is 92.0 cm³/mol. The van der Waals surface area contributed by atoms with Crippen LogP contribution in [0.2, 0.25) is 0 Å². The Bertz CT molecular complexity index is 742. The molecule has 1 aromatic carbocycles. The molecule has 23 heavy (non-hydrogen) atoms. The second-order valence-electron chi connectivity index (χ2n) is 5.82. The molecule has 1 aromatic heterocycles. The Balaban J connectivity index is 0.00000192. The van der Waals surface area contributed by atoms with E-state index in [0.717, 1.165) is 24.6 Å². The lowest BCUT2D eigenvalue weighted by Crippen LogP contribution is -2.41. The number of likely N-dealkylation sites (tertiary alicyclic amines) is 1. The average Bonchev–Trinajstić information content (AvgIpc) is 2.54. The topological polar surface area (TPSA) is 76.5 Å². The molecule has 1 unspecified atom stereocenters. The summed E-state index contributed by atoms with van der Waals surface area (Å²) in [7, 11) is 0. The first-order chi connectivity index (χ1) is 10.7. The SMILES string of the molecule is Cl.NCCC1CCCN(C(=O)c2cc3ccccc3oc2=O)C1. The number of rotatable bonds is 3. The van der Waals surface area contributed by atoms with Gasteiger partial charge in [-0.2, -0.15) is 0 Å². The van der Waals surface area contributed by atoms with Crippen LogP contribution in [0, 0.1) is 5.92 Å². The summed E-state index contributed by atoms with van der Waals surface area (Å²) in [5.74, 6) is 0.191. The van der Waals surface area contributed by atoms with E-state index >= 15 is 0 Å². The zero-order valence-electron chi connectivity index (χ0n) is 12.9. The van der Waals surface area contributed by atoms with E-state index in [1.807, 2.05) is 12.1 Å². The Hall–Kier alpha value is -1.85. The summed E-state index contributed by atoms with van der Waals surface area (Å²) in [6.07, 6.45) is 2.96. The van der Waals surface area contributed by atoms with Gasteiger partial charge in [0.15, 0.2) is 0 Å². The van der Waals surface area contributed by atoms with Crippen LogP contribution in [-0.4, -0.2) is 30.4 Å². The van der Waals surface area contributed by atoms with Crippen molar-refractivity contribution < 1.29 is 9.21 Å². The van der Waals surface area contributed by atoms with E-state index in [9.17, 15) is 9.59 Å². The first-order valence-corrected chi connectivity index (χ1v) is 7.71. The fourth-order valence-corrected chi connectivity index (χ4v) is 3.10. The normalized spacial score (nSPS) is 17.8. The number of carbonyl (C=O) groups is 1. The molecule has 0 spiro atoms. The fourth-order valence-electron chi connectivity index (χ4n) is 3.10. The minimum atomic E-state index is -0.565. The highest BCUT2D eigenvalue weighted by Gasteiger charge is 2.26. The standard InChI is InChI=1S/C17H20N2O3.ClH/c18-8-7-12-4-3-9-19(11-12)16(20)14-10-13-5-1-2-6-15(13)22-17(14)21;/h1-2,5-6,10,12H,3-4,7-9,11,18H2;1H. The number of halogens is 1. The Kier molecular flexibility index (Phi) is 5.80. The van der Waals surface area contributed by atoms with Crippen molar-refractivity contribution in [1.82, 2.24) is 4.90 Å². The summed E-state index contributed by atoms with van der Waals surface area (Å²) in [5.41, 5.74) is 5.67. The van der Waals surface area contributed by atoms with E-state index in [-0.39, 0.29) is 23.9 Å². The molecular weight excluding hydrogens is 316 g/mol. The van der Waals surface area contributed by atoms with E-state index in [1.165, 1.54) is 0 Å². The number of nitrogens with zero attached hydrogens (tertiary/aromatic N) is 1. The van der Waals surface area contributed by atoms with Crippen LogP contribution in [-0.2, 0) is 0 Å². The quantitative estimate of drug-likeness (QED) is 0.873. The van der Waals surface area contributed by atoms with E-state index in [2.05, 4.69) is 0 Å². The molecular formula is C17H21ClN2O3. The molecule has 6 heteroatoms. The second kappa shape index (κ2) is 7.62. The number of nitrogens with two attached hydrogens (primary N) is 1. The van der Waals surface area contributed by atoms with E-state index in [1.54, 1.807) is 23.1 Å². The lowest BCUT2D eigenvalue weighted by molar-refractivity contribution is 0.0665. The van der Waals surface area contributed by atoms with E-state index in [4.69, 9.17) is 10.2 Å². The van der Waals surface area contributed by atoms with Gasteiger partial charge < -0.3 is 15.1 Å². The summed E-state index contributed by atoms with van der Waals surface area (Å²) >= 11 is 0. The number of para-hydroxylation sites is 1. The Labute approximate surface area is 140 Å². The van der Waals surface area contributed by atoms with Crippen molar-refractivity contribution >= 4 is 29.3 Å². The summed E-state index contributed by atoms with van der Waals surface area (Å²) in [5, 5.41) is 0.765. The molecule has 0 radical (unpaired) electrons. The molecule has 1 fully saturated rings. The molecule has 124 valence electrons. The molecule has 1 aliphatic heterocycles. The van der Waals surface area contributed by atoms with Crippen molar-refractivity contribution in [3.05, 3.63) is 46.3 Å². The largest absolute Gasteiger partial charge is 0.422 e. The summed E-state index contributed by atoms with van der Waals surface area (Å²) in [4.78, 5) is 26.5. The Morgan fingerprint density at radius 1 is 1.35 bits per heavy atom. The van der Waals surface area contributed by atoms with Crippen LogP contribution in [0.3, 0.4) is 0 Å². The first kappa shape index (κ1) is 17.5. The van der Waals surface area contributed by atoms with Gasteiger partial charge in [0.25, 0.3) is 5.91 Å². The summed E-state index contributed by atoms with van der Waals surface area (Å²) in [6.45, 7) is 1.99. The highest BCUT2D eigenvalue weighted by molar-refractivity contribution is 5.96. The molecule has 3 rings (SSSR count). The van der Waals surface area contributed by atoms with Crippen LogP contribution >= 0.6 is 12.4 Å². The van der Waals surface area contributed by atoms with Crippen molar-refractivity contribution in [3.8, 4) is 0 Å².